The van der Waals surface area contributed by atoms with Gasteiger partial charge in [-0.3, -0.25) is 14.3 Å². The zero-order valence-corrected chi connectivity index (χ0v) is 18.2. The topological polar surface area (TPSA) is 80.4 Å². The van der Waals surface area contributed by atoms with Gasteiger partial charge in [0.05, 0.1) is 18.5 Å². The van der Waals surface area contributed by atoms with E-state index in [1.54, 1.807) is 21.8 Å². The number of nitrogens with zero attached hydrogens (tertiary/aromatic N) is 3. The summed E-state index contributed by atoms with van der Waals surface area (Å²) >= 11 is 0. The van der Waals surface area contributed by atoms with Gasteiger partial charge in [-0.2, -0.15) is 5.10 Å². The number of hydrogen-bond acceptors (Lipinski definition) is 4. The average Bonchev–Trinajstić information content (AvgIpc) is 3.33. The van der Waals surface area contributed by atoms with Crippen LogP contribution >= 0.6 is 0 Å². The van der Waals surface area contributed by atoms with Crippen molar-refractivity contribution < 1.29 is 14.0 Å². The van der Waals surface area contributed by atoms with E-state index in [0.717, 1.165) is 17.5 Å². The molecule has 158 valence electrons. The van der Waals surface area contributed by atoms with Gasteiger partial charge >= 0.3 is 0 Å². The van der Waals surface area contributed by atoms with Gasteiger partial charge < -0.3 is 14.6 Å². The largest absolute Gasteiger partial charge is 0.459 e. The Morgan fingerprint density at radius 2 is 2.07 bits per heavy atom. The van der Waals surface area contributed by atoms with E-state index in [1.165, 1.54) is 6.26 Å². The molecule has 1 saturated heterocycles. The number of likely N-dealkylation sites (tertiary alicyclic amines) is 1. The van der Waals surface area contributed by atoms with Crippen molar-refractivity contribution in [1.29, 1.82) is 0 Å². The Balaban J connectivity index is 1.66. The van der Waals surface area contributed by atoms with E-state index >= 15 is 0 Å². The van der Waals surface area contributed by atoms with Gasteiger partial charge in [-0.05, 0) is 23.8 Å². The summed E-state index contributed by atoms with van der Waals surface area (Å²) in [4.78, 5) is 27.5. The monoisotopic (exact) mass is 400 g/mol. The molecular formula is C22H32N4O3. The molecular weight excluding hydrogens is 368 g/mol. The second-order valence-electron chi connectivity index (χ2n) is 9.53. The van der Waals surface area contributed by atoms with Crippen LogP contribution in [0.4, 0.5) is 0 Å². The van der Waals surface area contributed by atoms with E-state index < -0.39 is 0 Å². The lowest BCUT2D eigenvalue weighted by Crippen LogP contribution is -2.43. The molecule has 1 unspecified atom stereocenters. The van der Waals surface area contributed by atoms with Crippen LogP contribution in [0.3, 0.4) is 0 Å². The highest BCUT2D eigenvalue weighted by Crippen LogP contribution is 2.28. The predicted octanol–water partition coefficient (Wildman–Crippen LogP) is 3.33. The lowest BCUT2D eigenvalue weighted by atomic mass is 9.85. The summed E-state index contributed by atoms with van der Waals surface area (Å²) < 4.78 is 7.22. The second kappa shape index (κ2) is 8.05. The SMILES string of the molecule is CC(CC(C)(C)C)C(=O)N[C@@H]1CN(C(=O)c2occc2-c2cnn(C)c2)C[C@@H]1C. The second-order valence-corrected chi connectivity index (χ2v) is 9.53. The molecule has 0 spiro atoms. The van der Waals surface area contributed by atoms with Crippen molar-refractivity contribution in [3.05, 3.63) is 30.5 Å². The van der Waals surface area contributed by atoms with Gasteiger partial charge in [0.2, 0.25) is 5.91 Å². The summed E-state index contributed by atoms with van der Waals surface area (Å²) in [5.74, 6) is 0.342. The highest BCUT2D eigenvalue weighted by molar-refractivity contribution is 5.98. The third-order valence-electron chi connectivity index (χ3n) is 5.47. The van der Waals surface area contributed by atoms with Crippen molar-refractivity contribution in [3.8, 4) is 11.1 Å². The van der Waals surface area contributed by atoms with Crippen molar-refractivity contribution in [2.24, 2.45) is 24.3 Å². The quantitative estimate of drug-likeness (QED) is 0.835. The lowest BCUT2D eigenvalue weighted by molar-refractivity contribution is -0.126. The van der Waals surface area contributed by atoms with Crippen LogP contribution in [0.1, 0.15) is 51.6 Å². The molecule has 1 aliphatic heterocycles. The number of aromatic nitrogens is 2. The molecule has 1 fully saturated rings. The maximum atomic E-state index is 13.1. The number of rotatable bonds is 5. The van der Waals surface area contributed by atoms with E-state index in [9.17, 15) is 9.59 Å². The summed E-state index contributed by atoms with van der Waals surface area (Å²) in [6, 6.07) is 1.74. The maximum absolute atomic E-state index is 13.1. The van der Waals surface area contributed by atoms with Gasteiger partial charge in [0.15, 0.2) is 5.76 Å². The van der Waals surface area contributed by atoms with Crippen LogP contribution in [-0.2, 0) is 11.8 Å². The Morgan fingerprint density at radius 1 is 1.34 bits per heavy atom. The van der Waals surface area contributed by atoms with E-state index in [-0.39, 0.29) is 35.1 Å². The highest BCUT2D eigenvalue weighted by Gasteiger charge is 2.36. The Kier molecular flexibility index (Phi) is 5.87. The van der Waals surface area contributed by atoms with Crippen molar-refractivity contribution in [2.45, 2.75) is 47.1 Å². The first kappa shape index (κ1) is 21.1. The fraction of sp³-hybridized carbons (Fsp3) is 0.591. The average molecular weight is 401 g/mol. The zero-order chi connectivity index (χ0) is 21.3. The normalized spacial score (nSPS) is 20.7. The minimum absolute atomic E-state index is 0.0503. The van der Waals surface area contributed by atoms with E-state index in [1.807, 2.05) is 20.2 Å². The summed E-state index contributed by atoms with van der Waals surface area (Å²) in [6.07, 6.45) is 5.92. The molecule has 7 nitrogen and oxygen atoms in total. The number of amides is 2. The van der Waals surface area contributed by atoms with Crippen LogP contribution in [-0.4, -0.2) is 45.6 Å². The molecule has 2 aromatic rings. The molecule has 7 heteroatoms. The van der Waals surface area contributed by atoms with Crippen LogP contribution in [0.25, 0.3) is 11.1 Å². The molecule has 0 aliphatic carbocycles. The number of aryl methyl sites for hydroxylation is 1. The predicted molar refractivity (Wildman–Crippen MR) is 111 cm³/mol. The van der Waals surface area contributed by atoms with Crippen LogP contribution in [0, 0.1) is 17.3 Å². The Labute approximate surface area is 172 Å². The summed E-state index contributed by atoms with van der Waals surface area (Å²) in [5, 5.41) is 7.33. The zero-order valence-electron chi connectivity index (χ0n) is 18.2. The van der Waals surface area contributed by atoms with Crippen molar-refractivity contribution in [3.63, 3.8) is 0 Å². The number of carbonyl (C=O) groups is 2. The van der Waals surface area contributed by atoms with Gasteiger partial charge in [0.1, 0.15) is 0 Å². The van der Waals surface area contributed by atoms with E-state index in [4.69, 9.17) is 4.42 Å². The van der Waals surface area contributed by atoms with Crippen molar-refractivity contribution in [2.75, 3.05) is 13.1 Å². The Bertz CT molecular complexity index is 877. The van der Waals surface area contributed by atoms with Gasteiger partial charge in [0.25, 0.3) is 5.91 Å². The first-order chi connectivity index (χ1) is 13.5. The molecule has 0 radical (unpaired) electrons. The molecule has 0 bridgehead atoms. The summed E-state index contributed by atoms with van der Waals surface area (Å²) in [6.45, 7) is 11.5. The molecule has 1 aliphatic rings. The third kappa shape index (κ3) is 4.89. The standard InChI is InChI=1S/C22H32N4O3/c1-14(9-22(3,4)5)20(27)24-18-13-26(11-15(18)2)21(28)19-17(7-8-29-19)16-10-23-25(6)12-16/h7-8,10,12,14-15,18H,9,11,13H2,1-6H3,(H,24,27)/t14?,15-,18+/m0/s1. The van der Waals surface area contributed by atoms with Crippen LogP contribution in [0.5, 0.6) is 0 Å². The number of hydrogen-bond donors (Lipinski definition) is 1. The van der Waals surface area contributed by atoms with Crippen LogP contribution < -0.4 is 5.32 Å². The summed E-state index contributed by atoms with van der Waals surface area (Å²) in [5.41, 5.74) is 1.68. The molecule has 0 saturated carbocycles. The van der Waals surface area contributed by atoms with Gasteiger partial charge in [-0.1, -0.05) is 34.6 Å². The third-order valence-corrected chi connectivity index (χ3v) is 5.47. The van der Waals surface area contributed by atoms with E-state index in [0.29, 0.717) is 18.8 Å². The first-order valence-electron chi connectivity index (χ1n) is 10.2. The number of nitrogens with one attached hydrogen (secondary N) is 1. The van der Waals surface area contributed by atoms with Gasteiger partial charge in [-0.15, -0.1) is 0 Å². The molecule has 2 aromatic heterocycles. The molecule has 0 aromatic carbocycles. The fourth-order valence-corrected chi connectivity index (χ4v) is 4.06. The molecule has 3 heterocycles. The number of furan rings is 1. The first-order valence-corrected chi connectivity index (χ1v) is 10.2. The molecule has 3 atom stereocenters. The van der Waals surface area contributed by atoms with Crippen molar-refractivity contribution >= 4 is 11.8 Å². The molecule has 1 N–H and O–H groups in total. The van der Waals surface area contributed by atoms with Crippen molar-refractivity contribution in [1.82, 2.24) is 20.0 Å². The van der Waals surface area contributed by atoms with Crippen LogP contribution in [0.2, 0.25) is 0 Å². The Hall–Kier alpha value is -2.57. The number of carbonyl (C=O) groups excluding carboxylic acids is 2. The minimum atomic E-state index is -0.153. The fourth-order valence-electron chi connectivity index (χ4n) is 4.06. The molecule has 2 amide bonds. The highest BCUT2D eigenvalue weighted by atomic mass is 16.3. The maximum Gasteiger partial charge on any atom is 0.290 e. The van der Waals surface area contributed by atoms with Gasteiger partial charge in [0, 0.05) is 43.4 Å². The summed E-state index contributed by atoms with van der Waals surface area (Å²) in [7, 11) is 1.83. The Morgan fingerprint density at radius 3 is 2.69 bits per heavy atom. The smallest absolute Gasteiger partial charge is 0.290 e. The molecule has 3 rings (SSSR count). The van der Waals surface area contributed by atoms with Crippen LogP contribution in [0.15, 0.2) is 29.1 Å². The molecule has 29 heavy (non-hydrogen) atoms. The van der Waals surface area contributed by atoms with E-state index in [2.05, 4.69) is 38.1 Å². The minimum Gasteiger partial charge on any atom is -0.459 e. The lowest BCUT2D eigenvalue weighted by Gasteiger charge is -2.25. The van der Waals surface area contributed by atoms with Gasteiger partial charge in [-0.25, -0.2) is 0 Å².